The summed E-state index contributed by atoms with van der Waals surface area (Å²) in [5.41, 5.74) is 2.16. The fourth-order valence-corrected chi connectivity index (χ4v) is 1.34. The van der Waals surface area contributed by atoms with Gasteiger partial charge in [0.1, 0.15) is 6.33 Å². The van der Waals surface area contributed by atoms with Crippen molar-refractivity contribution in [3.63, 3.8) is 0 Å². The summed E-state index contributed by atoms with van der Waals surface area (Å²) in [6.07, 6.45) is 2.59. The van der Waals surface area contributed by atoms with Crippen LogP contribution in [-0.4, -0.2) is 9.97 Å². The molecule has 0 saturated heterocycles. The lowest BCUT2D eigenvalue weighted by molar-refractivity contribution is 1.03. The highest BCUT2D eigenvalue weighted by molar-refractivity contribution is 5.80. The molecule has 1 aromatic heterocycles. The smallest absolute Gasteiger partial charge is 0.116 e. The third kappa shape index (κ3) is 5.76. The van der Waals surface area contributed by atoms with Crippen LogP contribution in [0.3, 0.4) is 0 Å². The summed E-state index contributed by atoms with van der Waals surface area (Å²) in [6.45, 7) is 14.1. The number of aromatic nitrogens is 2. The third-order valence-corrected chi connectivity index (χ3v) is 1.96. The molecule has 2 heteroatoms. The number of fused-ring (bicyclic) bond motifs is 1. The second kappa shape index (κ2) is 13.6. The number of rotatable bonds is 1. The summed E-state index contributed by atoms with van der Waals surface area (Å²) in [4.78, 5) is 8.39. The zero-order chi connectivity index (χ0) is 14.4. The molecule has 2 aromatic rings. The van der Waals surface area contributed by atoms with Crippen molar-refractivity contribution in [1.82, 2.24) is 9.97 Å². The van der Waals surface area contributed by atoms with Crippen LogP contribution >= 0.6 is 0 Å². The molecule has 0 fully saturated rings. The Labute approximate surface area is 112 Å². The maximum atomic E-state index is 4.21. The highest BCUT2D eigenvalue weighted by Crippen LogP contribution is 2.13. The Bertz CT molecular complexity index is 392. The van der Waals surface area contributed by atoms with Crippen LogP contribution in [0, 0.1) is 0 Å². The molecule has 2 nitrogen and oxygen atoms in total. The largest absolute Gasteiger partial charge is 0.241 e. The van der Waals surface area contributed by atoms with Crippen molar-refractivity contribution in [2.24, 2.45) is 0 Å². The third-order valence-electron chi connectivity index (χ3n) is 1.96. The van der Waals surface area contributed by atoms with Crippen LogP contribution in [0.4, 0.5) is 0 Å². The molecule has 18 heavy (non-hydrogen) atoms. The lowest BCUT2D eigenvalue weighted by Crippen LogP contribution is -1.90. The van der Waals surface area contributed by atoms with Gasteiger partial charge in [0.25, 0.3) is 0 Å². The van der Waals surface area contributed by atoms with Gasteiger partial charge in [-0.1, -0.05) is 66.7 Å². The Balaban J connectivity index is 0. The van der Waals surface area contributed by atoms with Crippen LogP contribution in [-0.2, 0) is 6.42 Å². The van der Waals surface area contributed by atoms with Gasteiger partial charge in [0.2, 0.25) is 0 Å². The molecule has 0 aliphatic heterocycles. The van der Waals surface area contributed by atoms with Gasteiger partial charge in [-0.05, 0) is 12.5 Å². The average molecular weight is 248 g/mol. The summed E-state index contributed by atoms with van der Waals surface area (Å²) in [7, 11) is 0. The molecule has 0 spiro atoms. The van der Waals surface area contributed by atoms with Crippen molar-refractivity contribution in [3.8, 4) is 0 Å². The molecular formula is C16H28N2. The second-order valence-electron chi connectivity index (χ2n) is 2.69. The van der Waals surface area contributed by atoms with Gasteiger partial charge in [-0.25, -0.2) is 9.97 Å². The molecule has 0 radical (unpaired) electrons. The van der Waals surface area contributed by atoms with Crippen molar-refractivity contribution in [2.45, 2.75) is 54.9 Å². The number of aryl methyl sites for hydroxylation is 1. The van der Waals surface area contributed by atoms with Crippen LogP contribution in [0.25, 0.3) is 10.9 Å². The molecule has 0 bridgehead atoms. The predicted molar refractivity (Wildman–Crippen MR) is 83.0 cm³/mol. The van der Waals surface area contributed by atoms with Crippen molar-refractivity contribution in [1.29, 1.82) is 0 Å². The fraction of sp³-hybridized carbons (Fsp3) is 0.500. The Morgan fingerprint density at radius 2 is 1.39 bits per heavy atom. The van der Waals surface area contributed by atoms with E-state index in [0.717, 1.165) is 17.6 Å². The Kier molecular flexibility index (Phi) is 14.3. The van der Waals surface area contributed by atoms with Crippen molar-refractivity contribution < 1.29 is 0 Å². The maximum absolute atomic E-state index is 4.21. The molecular weight excluding hydrogens is 220 g/mol. The van der Waals surface area contributed by atoms with Gasteiger partial charge in [0.15, 0.2) is 0 Å². The summed E-state index contributed by atoms with van der Waals surface area (Å²) in [5.74, 6) is 0. The van der Waals surface area contributed by atoms with E-state index in [9.17, 15) is 0 Å². The zero-order valence-corrected chi connectivity index (χ0v) is 13.0. The summed E-state index contributed by atoms with van der Waals surface area (Å²) in [6, 6.07) is 8.09. The second-order valence-corrected chi connectivity index (χ2v) is 2.69. The van der Waals surface area contributed by atoms with E-state index < -0.39 is 0 Å². The standard InChI is InChI=1S/C10H10N2.3C2H6/c1-2-9-8-5-3-4-6-10(8)12-7-11-9;3*1-2/h3-7H,2H2,1H3;3*1-2H3. The summed E-state index contributed by atoms with van der Waals surface area (Å²) in [5, 5.41) is 1.17. The minimum Gasteiger partial charge on any atom is -0.241 e. The molecule has 0 aliphatic carbocycles. The summed E-state index contributed by atoms with van der Waals surface area (Å²) < 4.78 is 0. The van der Waals surface area contributed by atoms with Crippen LogP contribution < -0.4 is 0 Å². The molecule has 0 N–H and O–H groups in total. The number of hydrogen-bond acceptors (Lipinski definition) is 2. The van der Waals surface area contributed by atoms with E-state index >= 15 is 0 Å². The lowest BCUT2D eigenvalue weighted by atomic mass is 10.1. The average Bonchev–Trinajstić information content (AvgIpc) is 2.52. The topological polar surface area (TPSA) is 25.8 Å². The number of nitrogens with zero attached hydrogens (tertiary/aromatic N) is 2. The van der Waals surface area contributed by atoms with Crippen molar-refractivity contribution >= 4 is 10.9 Å². The van der Waals surface area contributed by atoms with Gasteiger partial charge in [0, 0.05) is 5.39 Å². The van der Waals surface area contributed by atoms with Crippen molar-refractivity contribution in [3.05, 3.63) is 36.3 Å². The first-order chi connectivity index (χ1) is 8.92. The van der Waals surface area contributed by atoms with Gasteiger partial charge in [0.05, 0.1) is 11.2 Å². The normalized spacial score (nSPS) is 7.94. The highest BCUT2D eigenvalue weighted by atomic mass is 14.8. The van der Waals surface area contributed by atoms with Gasteiger partial charge < -0.3 is 0 Å². The minimum absolute atomic E-state index is 0.961. The quantitative estimate of drug-likeness (QED) is 0.687. The van der Waals surface area contributed by atoms with E-state index in [0.29, 0.717) is 0 Å². The molecule has 0 amide bonds. The van der Waals surface area contributed by atoms with E-state index in [4.69, 9.17) is 0 Å². The molecule has 0 aliphatic rings. The molecule has 102 valence electrons. The fourth-order valence-electron chi connectivity index (χ4n) is 1.34. The minimum atomic E-state index is 0.961. The molecule has 0 atom stereocenters. The predicted octanol–water partition coefficient (Wildman–Crippen LogP) is 5.27. The van der Waals surface area contributed by atoms with Gasteiger partial charge in [-0.2, -0.15) is 0 Å². The maximum Gasteiger partial charge on any atom is 0.116 e. The number of hydrogen-bond donors (Lipinski definition) is 0. The Morgan fingerprint density at radius 1 is 0.833 bits per heavy atom. The molecule has 0 saturated carbocycles. The van der Waals surface area contributed by atoms with Gasteiger partial charge >= 0.3 is 0 Å². The van der Waals surface area contributed by atoms with E-state index in [1.54, 1.807) is 6.33 Å². The van der Waals surface area contributed by atoms with Gasteiger partial charge in [-0.15, -0.1) is 0 Å². The Hall–Kier alpha value is -1.44. The highest BCUT2D eigenvalue weighted by Gasteiger charge is 1.98. The molecule has 0 unspecified atom stereocenters. The van der Waals surface area contributed by atoms with E-state index in [-0.39, 0.29) is 0 Å². The van der Waals surface area contributed by atoms with Crippen LogP contribution in [0.5, 0.6) is 0 Å². The first-order valence-corrected chi connectivity index (χ1v) is 7.10. The molecule has 1 heterocycles. The summed E-state index contributed by atoms with van der Waals surface area (Å²) >= 11 is 0. The monoisotopic (exact) mass is 248 g/mol. The van der Waals surface area contributed by atoms with E-state index in [1.807, 2.05) is 59.7 Å². The molecule has 2 rings (SSSR count). The first kappa shape index (κ1) is 18.9. The van der Waals surface area contributed by atoms with Crippen molar-refractivity contribution in [2.75, 3.05) is 0 Å². The first-order valence-electron chi connectivity index (χ1n) is 7.10. The van der Waals surface area contributed by atoms with Crippen LogP contribution in [0.1, 0.15) is 54.2 Å². The molecule has 1 aromatic carbocycles. The van der Waals surface area contributed by atoms with E-state index in [2.05, 4.69) is 23.0 Å². The van der Waals surface area contributed by atoms with Gasteiger partial charge in [-0.3, -0.25) is 0 Å². The zero-order valence-electron chi connectivity index (χ0n) is 13.0. The lowest BCUT2D eigenvalue weighted by Gasteiger charge is -2.00. The van der Waals surface area contributed by atoms with E-state index in [1.165, 1.54) is 5.39 Å². The Morgan fingerprint density at radius 3 is 1.94 bits per heavy atom. The van der Waals surface area contributed by atoms with Crippen LogP contribution in [0.15, 0.2) is 30.6 Å². The number of benzene rings is 1. The SMILES string of the molecule is CC.CC.CC.CCc1ncnc2ccccc12. The van der Waals surface area contributed by atoms with Crippen LogP contribution in [0.2, 0.25) is 0 Å². The number of para-hydroxylation sites is 1.